The van der Waals surface area contributed by atoms with Gasteiger partial charge in [0, 0.05) is 37.6 Å². The van der Waals surface area contributed by atoms with Crippen LogP contribution in [0.1, 0.15) is 46.0 Å². The lowest BCUT2D eigenvalue weighted by Crippen LogP contribution is -2.41. The summed E-state index contributed by atoms with van der Waals surface area (Å²) >= 11 is 0. The molecule has 3 aromatic rings. The molecule has 198 valence electrons. The van der Waals surface area contributed by atoms with Gasteiger partial charge in [-0.2, -0.15) is 4.31 Å². The highest BCUT2D eigenvalue weighted by atomic mass is 32.2. The quantitative estimate of drug-likeness (QED) is 0.502. The van der Waals surface area contributed by atoms with Crippen molar-refractivity contribution < 1.29 is 12.8 Å². The standard InChI is InChI=1S/C26H33FN6O3S/c1-18(2)16-31-17-24(33(26(31)34)22-8-4-19(27)5-9-22)23-12-13-28-25(30-23)29-20-6-10-21(11-7-20)32-14-3-15-37(32,35)36/h4-5,8-9,12-13,17-18,20-21H,3,6-7,10-11,14-16H2,1-2H3,(H,28,29,30). The second-order valence-corrected chi connectivity index (χ2v) is 12.4. The van der Waals surface area contributed by atoms with E-state index in [0.29, 0.717) is 42.5 Å². The summed E-state index contributed by atoms with van der Waals surface area (Å²) in [5, 5.41) is 3.41. The monoisotopic (exact) mass is 528 g/mol. The van der Waals surface area contributed by atoms with Crippen LogP contribution in [0.15, 0.2) is 47.5 Å². The number of halogens is 1. The van der Waals surface area contributed by atoms with Crippen molar-refractivity contribution in [1.29, 1.82) is 0 Å². The number of benzene rings is 1. The Bertz CT molecular complexity index is 1410. The fourth-order valence-electron chi connectivity index (χ4n) is 5.37. The molecule has 0 radical (unpaired) electrons. The first-order valence-corrected chi connectivity index (χ1v) is 14.5. The van der Waals surface area contributed by atoms with E-state index in [1.807, 2.05) is 13.8 Å². The minimum atomic E-state index is -3.10. The fraction of sp³-hybridized carbons (Fsp3) is 0.500. The average molecular weight is 529 g/mol. The molecule has 37 heavy (non-hydrogen) atoms. The Balaban J connectivity index is 1.37. The molecule has 2 aliphatic rings. The second kappa shape index (κ2) is 10.4. The van der Waals surface area contributed by atoms with Gasteiger partial charge in [0.05, 0.1) is 22.8 Å². The average Bonchev–Trinajstić information content (AvgIpc) is 3.38. The van der Waals surface area contributed by atoms with E-state index in [0.717, 1.165) is 25.7 Å². The minimum absolute atomic E-state index is 0.0728. The maximum atomic E-state index is 13.6. The van der Waals surface area contributed by atoms with Gasteiger partial charge in [-0.3, -0.25) is 9.13 Å². The molecule has 5 rings (SSSR count). The summed E-state index contributed by atoms with van der Waals surface area (Å²) in [6.07, 6.45) is 7.43. The Morgan fingerprint density at radius 3 is 2.49 bits per heavy atom. The topological polar surface area (TPSA) is 102 Å². The molecule has 0 atom stereocenters. The van der Waals surface area contributed by atoms with Gasteiger partial charge in [-0.1, -0.05) is 13.8 Å². The molecule has 0 spiro atoms. The molecule has 2 fully saturated rings. The molecule has 11 heteroatoms. The van der Waals surface area contributed by atoms with Crippen molar-refractivity contribution in [3.05, 3.63) is 59.0 Å². The predicted octanol–water partition coefficient (Wildman–Crippen LogP) is 3.65. The molecular formula is C26H33FN6O3S. The molecule has 1 N–H and O–H groups in total. The first-order valence-electron chi connectivity index (χ1n) is 12.9. The SMILES string of the molecule is CC(C)Cn1cc(-c2ccnc(NC3CCC(N4CCCS4(=O)=O)CC3)n2)n(-c2ccc(F)cc2)c1=O. The molecular weight excluding hydrogens is 495 g/mol. The number of imidazole rings is 1. The van der Waals surface area contributed by atoms with E-state index in [9.17, 15) is 17.6 Å². The molecule has 1 aliphatic carbocycles. The molecule has 0 amide bonds. The molecule has 1 aliphatic heterocycles. The zero-order valence-electron chi connectivity index (χ0n) is 21.2. The normalized spacial score (nSPS) is 21.9. The summed E-state index contributed by atoms with van der Waals surface area (Å²) in [6, 6.07) is 7.81. The number of hydrogen-bond acceptors (Lipinski definition) is 6. The summed E-state index contributed by atoms with van der Waals surface area (Å²) in [5.41, 5.74) is 1.54. The Hall–Kier alpha value is -3.05. The minimum Gasteiger partial charge on any atom is -0.351 e. The van der Waals surface area contributed by atoms with Gasteiger partial charge < -0.3 is 5.32 Å². The number of aromatic nitrogens is 4. The molecule has 1 aromatic carbocycles. The van der Waals surface area contributed by atoms with Crippen LogP contribution < -0.4 is 11.0 Å². The smallest absolute Gasteiger partial charge is 0.333 e. The van der Waals surface area contributed by atoms with Crippen molar-refractivity contribution in [3.63, 3.8) is 0 Å². The van der Waals surface area contributed by atoms with Crippen LogP contribution in [0.3, 0.4) is 0 Å². The number of anilines is 1. The zero-order valence-corrected chi connectivity index (χ0v) is 22.0. The Labute approximate surface area is 216 Å². The van der Waals surface area contributed by atoms with Gasteiger partial charge in [-0.15, -0.1) is 0 Å². The Morgan fingerprint density at radius 1 is 1.11 bits per heavy atom. The highest BCUT2D eigenvalue weighted by Crippen LogP contribution is 2.30. The van der Waals surface area contributed by atoms with Crippen LogP contribution in [-0.4, -0.2) is 56.2 Å². The van der Waals surface area contributed by atoms with Gasteiger partial charge in [0.25, 0.3) is 0 Å². The molecule has 9 nitrogen and oxygen atoms in total. The third-order valence-corrected chi connectivity index (χ3v) is 9.10. The van der Waals surface area contributed by atoms with Crippen molar-refractivity contribution >= 4 is 16.0 Å². The first kappa shape index (κ1) is 25.6. The van der Waals surface area contributed by atoms with Gasteiger partial charge >= 0.3 is 5.69 Å². The van der Waals surface area contributed by atoms with Gasteiger partial charge in [0.1, 0.15) is 5.82 Å². The Morgan fingerprint density at radius 2 is 1.84 bits per heavy atom. The number of nitrogens with zero attached hydrogens (tertiary/aromatic N) is 5. The highest BCUT2D eigenvalue weighted by Gasteiger charge is 2.36. The van der Waals surface area contributed by atoms with Gasteiger partial charge in [0.2, 0.25) is 16.0 Å². The van der Waals surface area contributed by atoms with Crippen molar-refractivity contribution in [2.45, 2.75) is 64.6 Å². The van der Waals surface area contributed by atoms with E-state index in [1.54, 1.807) is 44.0 Å². The van der Waals surface area contributed by atoms with E-state index in [4.69, 9.17) is 4.98 Å². The van der Waals surface area contributed by atoms with E-state index < -0.39 is 10.0 Å². The molecule has 1 saturated carbocycles. The lowest BCUT2D eigenvalue weighted by Gasteiger charge is -2.33. The number of sulfonamides is 1. The molecule has 2 aromatic heterocycles. The zero-order chi connectivity index (χ0) is 26.2. The number of rotatable bonds is 7. The van der Waals surface area contributed by atoms with Gasteiger partial charge in [-0.25, -0.2) is 27.6 Å². The van der Waals surface area contributed by atoms with Crippen LogP contribution in [0.25, 0.3) is 17.1 Å². The van der Waals surface area contributed by atoms with Crippen LogP contribution in [0, 0.1) is 11.7 Å². The fourth-order valence-corrected chi connectivity index (χ4v) is 7.17. The van der Waals surface area contributed by atoms with Crippen molar-refractivity contribution in [2.75, 3.05) is 17.6 Å². The second-order valence-electron chi connectivity index (χ2n) is 10.4. The summed E-state index contributed by atoms with van der Waals surface area (Å²) in [5.74, 6) is 0.617. The maximum Gasteiger partial charge on any atom is 0.333 e. The van der Waals surface area contributed by atoms with Crippen LogP contribution in [-0.2, 0) is 16.6 Å². The first-order chi connectivity index (χ1) is 17.7. The molecule has 1 saturated heterocycles. The van der Waals surface area contributed by atoms with E-state index in [2.05, 4.69) is 10.3 Å². The third-order valence-electron chi connectivity index (χ3n) is 7.10. The Kier molecular flexibility index (Phi) is 7.17. The van der Waals surface area contributed by atoms with Crippen LogP contribution in [0.4, 0.5) is 10.3 Å². The largest absolute Gasteiger partial charge is 0.351 e. The van der Waals surface area contributed by atoms with Gasteiger partial charge in [0.15, 0.2) is 0 Å². The van der Waals surface area contributed by atoms with Gasteiger partial charge in [-0.05, 0) is 68.4 Å². The van der Waals surface area contributed by atoms with E-state index >= 15 is 0 Å². The molecule has 3 heterocycles. The number of hydrogen-bond donors (Lipinski definition) is 1. The lowest BCUT2D eigenvalue weighted by molar-refractivity contribution is 0.257. The predicted molar refractivity (Wildman–Crippen MR) is 141 cm³/mol. The van der Waals surface area contributed by atoms with E-state index in [-0.39, 0.29) is 35.3 Å². The number of nitrogens with one attached hydrogen (secondary N) is 1. The van der Waals surface area contributed by atoms with Crippen LogP contribution in [0.2, 0.25) is 0 Å². The summed E-state index contributed by atoms with van der Waals surface area (Å²) < 4.78 is 43.0. The van der Waals surface area contributed by atoms with Crippen LogP contribution in [0.5, 0.6) is 0 Å². The summed E-state index contributed by atoms with van der Waals surface area (Å²) in [4.78, 5) is 22.4. The van der Waals surface area contributed by atoms with Crippen molar-refractivity contribution in [3.8, 4) is 17.1 Å². The third kappa shape index (κ3) is 5.47. The molecule has 0 bridgehead atoms. The maximum absolute atomic E-state index is 13.6. The lowest BCUT2D eigenvalue weighted by atomic mass is 9.91. The summed E-state index contributed by atoms with van der Waals surface area (Å²) in [6.45, 7) is 5.26. The highest BCUT2D eigenvalue weighted by molar-refractivity contribution is 7.89. The van der Waals surface area contributed by atoms with Crippen molar-refractivity contribution in [2.24, 2.45) is 5.92 Å². The summed E-state index contributed by atoms with van der Waals surface area (Å²) in [7, 11) is -3.10. The van der Waals surface area contributed by atoms with E-state index in [1.165, 1.54) is 12.1 Å². The van der Waals surface area contributed by atoms with Crippen LogP contribution >= 0.6 is 0 Å². The van der Waals surface area contributed by atoms with Crippen molar-refractivity contribution in [1.82, 2.24) is 23.4 Å². The molecule has 0 unspecified atom stereocenters.